The van der Waals surface area contributed by atoms with E-state index in [2.05, 4.69) is 21.8 Å². The van der Waals surface area contributed by atoms with E-state index >= 15 is 0 Å². The van der Waals surface area contributed by atoms with Crippen LogP contribution in [0.15, 0.2) is 95.9 Å². The van der Waals surface area contributed by atoms with Gasteiger partial charge >= 0.3 is 0 Å². The molecule has 1 saturated carbocycles. The molecule has 2 fully saturated rings. The number of hydrogen-bond donors (Lipinski definition) is 2. The lowest BCUT2D eigenvalue weighted by molar-refractivity contribution is -0.118. The summed E-state index contributed by atoms with van der Waals surface area (Å²) in [5.41, 5.74) is 3.10. The molecule has 6 nitrogen and oxygen atoms in total. The zero-order chi connectivity index (χ0) is 28.2. The zero-order valence-corrected chi connectivity index (χ0v) is 24.2. The summed E-state index contributed by atoms with van der Waals surface area (Å²) in [5, 5.41) is 13.2. The zero-order valence-electron chi connectivity index (χ0n) is 22.6. The van der Waals surface area contributed by atoms with Gasteiger partial charge in [0, 0.05) is 23.0 Å². The van der Waals surface area contributed by atoms with E-state index in [4.69, 9.17) is 21.3 Å². The Labute approximate surface area is 249 Å². The number of carbonyl (C=O) groups excluding carboxylic acids is 1. The van der Waals surface area contributed by atoms with Crippen molar-refractivity contribution in [3.05, 3.63) is 107 Å². The van der Waals surface area contributed by atoms with Crippen molar-refractivity contribution in [3.8, 4) is 17.0 Å². The predicted molar refractivity (Wildman–Crippen MR) is 164 cm³/mol. The van der Waals surface area contributed by atoms with E-state index in [1.807, 2.05) is 72.8 Å². The van der Waals surface area contributed by atoms with Gasteiger partial charge in [0.15, 0.2) is 0 Å². The fraction of sp³-hybridized carbons (Fsp3) is 0.273. The smallest absolute Gasteiger partial charge is 0.236 e. The lowest BCUT2D eigenvalue weighted by atomic mass is 9.94. The van der Waals surface area contributed by atoms with Gasteiger partial charge in [-0.05, 0) is 85.2 Å². The van der Waals surface area contributed by atoms with E-state index in [1.54, 1.807) is 18.0 Å². The number of nitrogens with one attached hydrogen (secondary N) is 1. The molecule has 1 amide bonds. The van der Waals surface area contributed by atoms with Gasteiger partial charge in [-0.1, -0.05) is 66.2 Å². The normalized spacial score (nSPS) is 17.8. The van der Waals surface area contributed by atoms with E-state index in [-0.39, 0.29) is 18.6 Å². The molecule has 41 heavy (non-hydrogen) atoms. The molecule has 1 atom stereocenters. The van der Waals surface area contributed by atoms with Crippen molar-refractivity contribution in [1.29, 1.82) is 0 Å². The maximum atomic E-state index is 13.5. The van der Waals surface area contributed by atoms with Crippen LogP contribution >= 0.6 is 23.5 Å². The Hall–Kier alpha value is -3.36. The maximum absolute atomic E-state index is 13.5. The van der Waals surface area contributed by atoms with Crippen LogP contribution in [0.5, 0.6) is 5.75 Å². The average Bonchev–Trinajstić information content (AvgIpc) is 3.70. The van der Waals surface area contributed by atoms with Crippen LogP contribution in [-0.4, -0.2) is 39.5 Å². The molecule has 0 bridgehead atoms. The van der Waals surface area contributed by atoms with Crippen molar-refractivity contribution in [2.75, 3.05) is 18.5 Å². The van der Waals surface area contributed by atoms with Crippen molar-refractivity contribution in [2.24, 2.45) is 0 Å². The minimum Gasteiger partial charge on any atom is -0.487 e. The molecule has 0 unspecified atom stereocenters. The Kier molecular flexibility index (Phi) is 8.30. The number of nitrogens with zero attached hydrogens (tertiary/aromatic N) is 2. The van der Waals surface area contributed by atoms with Gasteiger partial charge in [0.05, 0.1) is 22.7 Å². The molecule has 1 aliphatic heterocycles. The third-order valence-corrected chi connectivity index (χ3v) is 9.31. The number of aromatic nitrogens is 1. The van der Waals surface area contributed by atoms with Crippen LogP contribution < -0.4 is 10.1 Å². The largest absolute Gasteiger partial charge is 0.487 e. The average molecular weight is 586 g/mol. The summed E-state index contributed by atoms with van der Waals surface area (Å²) in [6.45, 7) is 1.58. The van der Waals surface area contributed by atoms with Crippen molar-refractivity contribution in [2.45, 2.75) is 48.6 Å². The molecule has 210 valence electrons. The van der Waals surface area contributed by atoms with Gasteiger partial charge in [-0.2, -0.15) is 0 Å². The summed E-state index contributed by atoms with van der Waals surface area (Å²) in [6.07, 6.45) is 3.66. The van der Waals surface area contributed by atoms with E-state index in [0.717, 1.165) is 59.5 Å². The number of rotatable bonds is 10. The van der Waals surface area contributed by atoms with Crippen LogP contribution in [-0.2, 0) is 16.8 Å². The highest BCUT2D eigenvalue weighted by molar-refractivity contribution is 7.97. The highest BCUT2D eigenvalue weighted by Gasteiger charge is 2.51. The molecule has 2 N–H and O–H groups in total. The first-order valence-electron chi connectivity index (χ1n) is 14.0. The third kappa shape index (κ3) is 6.28. The topological polar surface area (TPSA) is 74.7 Å². The highest BCUT2D eigenvalue weighted by Crippen LogP contribution is 2.50. The third-order valence-electron chi connectivity index (χ3n) is 7.80. The fourth-order valence-electron chi connectivity index (χ4n) is 5.25. The summed E-state index contributed by atoms with van der Waals surface area (Å²) >= 11 is 8.12. The minimum absolute atomic E-state index is 0.0747. The number of aliphatic hydroxyl groups is 1. The minimum atomic E-state index is -0.617. The van der Waals surface area contributed by atoms with Crippen LogP contribution in [0.25, 0.3) is 11.3 Å². The second-order valence-electron chi connectivity index (χ2n) is 10.6. The van der Waals surface area contributed by atoms with Crippen molar-refractivity contribution in [1.82, 2.24) is 9.29 Å². The number of amides is 1. The summed E-state index contributed by atoms with van der Waals surface area (Å²) in [4.78, 5) is 19.4. The number of anilines is 1. The maximum Gasteiger partial charge on any atom is 0.236 e. The summed E-state index contributed by atoms with van der Waals surface area (Å²) < 4.78 is 8.27. The SMILES string of the molecule is O=C(Nc1cccc(-c2ccc(SN3CCC[C@@H]3CO)cc2)n1)C1(c2ccc(Cl)c(OCc3ccccc3)c2)CC1. The Morgan fingerprint density at radius 1 is 1.05 bits per heavy atom. The first-order chi connectivity index (χ1) is 20.0. The molecule has 4 aromatic rings. The summed E-state index contributed by atoms with van der Waals surface area (Å²) in [7, 11) is 0. The van der Waals surface area contributed by atoms with Gasteiger partial charge in [-0.3, -0.25) is 4.79 Å². The van der Waals surface area contributed by atoms with Gasteiger partial charge in [0.1, 0.15) is 18.2 Å². The van der Waals surface area contributed by atoms with Crippen molar-refractivity contribution >= 4 is 35.3 Å². The van der Waals surface area contributed by atoms with E-state index in [9.17, 15) is 9.90 Å². The lowest BCUT2D eigenvalue weighted by Crippen LogP contribution is -2.28. The predicted octanol–water partition coefficient (Wildman–Crippen LogP) is 7.12. The summed E-state index contributed by atoms with van der Waals surface area (Å²) in [6, 6.07) is 29.7. The number of carbonyl (C=O) groups is 1. The van der Waals surface area contributed by atoms with Crippen molar-refractivity contribution < 1.29 is 14.6 Å². The van der Waals surface area contributed by atoms with Gasteiger partial charge in [-0.25, -0.2) is 9.29 Å². The van der Waals surface area contributed by atoms with Crippen molar-refractivity contribution in [3.63, 3.8) is 0 Å². The standard InChI is InChI=1S/C33H32ClN3O3S/c34-28-16-13-25(20-30(28)40-22-23-6-2-1-3-7-23)33(17-18-33)32(39)36-31-10-4-9-29(35-31)24-11-14-27(15-12-24)41-37-19-5-8-26(37)21-38/h1-4,6-7,9-16,20,26,38H,5,8,17-19,21-22H2,(H,35,36,39)/t26-/m1/s1. The molecule has 6 rings (SSSR count). The lowest BCUT2D eigenvalue weighted by Gasteiger charge is -2.21. The van der Waals surface area contributed by atoms with Gasteiger partial charge in [0.2, 0.25) is 5.91 Å². The van der Waals surface area contributed by atoms with Crippen LogP contribution in [0.3, 0.4) is 0 Å². The van der Waals surface area contributed by atoms with Gasteiger partial charge in [0.25, 0.3) is 0 Å². The quantitative estimate of drug-likeness (QED) is 0.193. The molecule has 0 spiro atoms. The second-order valence-corrected chi connectivity index (χ2v) is 12.1. The summed E-state index contributed by atoms with van der Waals surface area (Å²) in [5.74, 6) is 1.02. The van der Waals surface area contributed by atoms with Crippen LogP contribution in [0.2, 0.25) is 5.02 Å². The highest BCUT2D eigenvalue weighted by atomic mass is 35.5. The first kappa shape index (κ1) is 27.8. The first-order valence-corrected chi connectivity index (χ1v) is 15.1. The number of halogens is 1. The Morgan fingerprint density at radius 2 is 1.85 bits per heavy atom. The van der Waals surface area contributed by atoms with E-state index < -0.39 is 5.41 Å². The molecular formula is C33H32ClN3O3S. The molecule has 2 aliphatic rings. The van der Waals surface area contributed by atoms with E-state index in [1.165, 1.54) is 0 Å². The Morgan fingerprint density at radius 3 is 2.61 bits per heavy atom. The monoisotopic (exact) mass is 585 g/mol. The fourth-order valence-corrected chi connectivity index (χ4v) is 6.50. The number of benzene rings is 3. The number of hydrogen-bond acceptors (Lipinski definition) is 6. The van der Waals surface area contributed by atoms with Crippen LogP contribution in [0.1, 0.15) is 36.8 Å². The Bertz CT molecular complexity index is 1510. The molecule has 8 heteroatoms. The molecule has 1 aliphatic carbocycles. The number of pyridine rings is 1. The molecular weight excluding hydrogens is 554 g/mol. The second kappa shape index (κ2) is 12.2. The molecule has 1 saturated heterocycles. The molecule has 1 aromatic heterocycles. The van der Waals surface area contributed by atoms with Crippen LogP contribution in [0, 0.1) is 0 Å². The van der Waals surface area contributed by atoms with Gasteiger partial charge in [-0.15, -0.1) is 0 Å². The molecule has 2 heterocycles. The number of ether oxygens (including phenoxy) is 1. The number of aliphatic hydroxyl groups excluding tert-OH is 1. The van der Waals surface area contributed by atoms with Gasteiger partial charge < -0.3 is 15.2 Å². The molecule has 3 aromatic carbocycles. The van der Waals surface area contributed by atoms with Crippen LogP contribution in [0.4, 0.5) is 5.82 Å². The molecule has 0 radical (unpaired) electrons. The Balaban J connectivity index is 1.13. The van der Waals surface area contributed by atoms with E-state index in [0.29, 0.717) is 23.2 Å².